The number of carbonyl (C=O) groups excluding carboxylic acids is 3. The van der Waals surface area contributed by atoms with Gasteiger partial charge >= 0.3 is 0 Å². The number of nitrogens with one attached hydrogen (secondary N) is 1. The van der Waals surface area contributed by atoms with E-state index in [-0.39, 0.29) is 29.8 Å². The van der Waals surface area contributed by atoms with Crippen LogP contribution in [0.2, 0.25) is 0 Å². The van der Waals surface area contributed by atoms with Gasteiger partial charge in [0, 0.05) is 25.1 Å². The summed E-state index contributed by atoms with van der Waals surface area (Å²) in [5.74, 6) is -0.542. The lowest BCUT2D eigenvalue weighted by Crippen LogP contribution is -2.62. The Morgan fingerprint density at radius 2 is 1.97 bits per heavy atom. The van der Waals surface area contributed by atoms with Gasteiger partial charge in [-0.1, -0.05) is 12.1 Å². The molecule has 0 saturated carbocycles. The zero-order chi connectivity index (χ0) is 24.7. The molecule has 0 spiro atoms. The van der Waals surface area contributed by atoms with Gasteiger partial charge in [0.25, 0.3) is 5.91 Å². The SMILES string of the molecule is Cc1nnnn1-c1cc(NC(=O)CCCN2C(=O)c3ccccc3N3C(=O)CCC23C)ccc1F. The number of halogens is 1. The summed E-state index contributed by atoms with van der Waals surface area (Å²) < 4.78 is 15.5. The quantitative estimate of drug-likeness (QED) is 0.584. The van der Waals surface area contributed by atoms with E-state index in [1.165, 1.54) is 22.9 Å². The number of aryl methyl sites for hydroxylation is 1. The van der Waals surface area contributed by atoms with Crippen molar-refractivity contribution in [2.75, 3.05) is 16.8 Å². The van der Waals surface area contributed by atoms with Crippen molar-refractivity contribution in [2.45, 2.75) is 45.2 Å². The molecule has 3 amide bonds. The van der Waals surface area contributed by atoms with Crippen LogP contribution in [-0.4, -0.2) is 55.0 Å². The van der Waals surface area contributed by atoms with E-state index in [0.717, 1.165) is 0 Å². The highest BCUT2D eigenvalue weighted by atomic mass is 19.1. The Balaban J connectivity index is 1.27. The predicted octanol–water partition coefficient (Wildman–Crippen LogP) is 2.83. The number of tetrazole rings is 1. The first-order valence-electron chi connectivity index (χ1n) is 11.4. The standard InChI is InChI=1S/C24H24FN7O3/c1-15-27-28-29-32(15)20-14-16(9-10-18(20)25)26-21(33)8-5-13-30-23(35)17-6-3-4-7-19(17)31-22(34)11-12-24(30,31)2/h3-4,6-7,9-10,14H,5,8,11-13H2,1-2H3,(H,26,33). The largest absolute Gasteiger partial charge is 0.326 e. The average molecular weight is 478 g/mol. The van der Waals surface area contributed by atoms with Gasteiger partial charge in [0.1, 0.15) is 17.2 Å². The minimum atomic E-state index is -0.755. The topological polar surface area (TPSA) is 113 Å². The summed E-state index contributed by atoms with van der Waals surface area (Å²) in [7, 11) is 0. The molecule has 1 aromatic heterocycles. The van der Waals surface area contributed by atoms with Crippen LogP contribution in [-0.2, 0) is 9.59 Å². The van der Waals surface area contributed by atoms with Crippen LogP contribution >= 0.6 is 0 Å². The second kappa shape index (κ2) is 8.57. The molecule has 1 atom stereocenters. The average Bonchev–Trinajstić information content (AvgIpc) is 3.40. The van der Waals surface area contributed by atoms with Gasteiger partial charge in [0.2, 0.25) is 11.8 Å². The molecule has 180 valence electrons. The van der Waals surface area contributed by atoms with E-state index in [2.05, 4.69) is 20.8 Å². The van der Waals surface area contributed by atoms with Gasteiger partial charge in [0.15, 0.2) is 5.82 Å². The van der Waals surface area contributed by atoms with Gasteiger partial charge < -0.3 is 10.2 Å². The molecule has 3 heterocycles. The lowest BCUT2D eigenvalue weighted by Gasteiger charge is -2.48. The van der Waals surface area contributed by atoms with E-state index >= 15 is 0 Å². The molecule has 11 heteroatoms. The van der Waals surface area contributed by atoms with Crippen molar-refractivity contribution in [3.8, 4) is 5.69 Å². The molecule has 35 heavy (non-hydrogen) atoms. The number of amides is 3. The van der Waals surface area contributed by atoms with Gasteiger partial charge in [-0.05, 0) is 67.4 Å². The van der Waals surface area contributed by atoms with Gasteiger partial charge in [-0.15, -0.1) is 5.10 Å². The summed E-state index contributed by atoms with van der Waals surface area (Å²) >= 11 is 0. The number of para-hydroxylation sites is 1. The second-order valence-corrected chi connectivity index (χ2v) is 8.88. The molecule has 5 rings (SSSR count). The number of rotatable bonds is 6. The summed E-state index contributed by atoms with van der Waals surface area (Å²) in [6.45, 7) is 3.86. The van der Waals surface area contributed by atoms with Crippen LogP contribution in [0.15, 0.2) is 42.5 Å². The molecule has 1 unspecified atom stereocenters. The summed E-state index contributed by atoms with van der Waals surface area (Å²) in [5, 5.41) is 13.8. The Morgan fingerprint density at radius 3 is 2.74 bits per heavy atom. The minimum Gasteiger partial charge on any atom is -0.326 e. The van der Waals surface area contributed by atoms with E-state index in [9.17, 15) is 18.8 Å². The third kappa shape index (κ3) is 3.82. The van der Waals surface area contributed by atoms with Crippen LogP contribution in [0.1, 0.15) is 48.8 Å². The molecule has 2 aromatic carbocycles. The number of carbonyl (C=O) groups is 3. The van der Waals surface area contributed by atoms with Gasteiger partial charge in [-0.3, -0.25) is 19.3 Å². The first-order chi connectivity index (χ1) is 16.8. The van der Waals surface area contributed by atoms with Gasteiger partial charge in [-0.25, -0.2) is 4.39 Å². The highest BCUT2D eigenvalue weighted by Gasteiger charge is 2.52. The summed E-state index contributed by atoms with van der Waals surface area (Å²) in [6.07, 6.45) is 1.44. The van der Waals surface area contributed by atoms with Gasteiger partial charge in [-0.2, -0.15) is 4.68 Å². The zero-order valence-corrected chi connectivity index (χ0v) is 19.4. The van der Waals surface area contributed by atoms with Crippen molar-refractivity contribution in [3.05, 3.63) is 59.7 Å². The number of anilines is 2. The molecule has 1 fully saturated rings. The smallest absolute Gasteiger partial charge is 0.257 e. The summed E-state index contributed by atoms with van der Waals surface area (Å²) in [4.78, 5) is 42.0. The fourth-order valence-corrected chi connectivity index (χ4v) is 4.87. The highest BCUT2D eigenvalue weighted by molar-refractivity contribution is 6.10. The number of nitrogens with zero attached hydrogens (tertiary/aromatic N) is 6. The number of benzene rings is 2. The van der Waals surface area contributed by atoms with Crippen LogP contribution in [0.3, 0.4) is 0 Å². The van der Waals surface area contributed by atoms with Crippen LogP contribution < -0.4 is 10.2 Å². The molecule has 1 N–H and O–H groups in total. The van der Waals surface area contributed by atoms with E-state index < -0.39 is 11.5 Å². The van der Waals surface area contributed by atoms with Crippen molar-refractivity contribution in [1.29, 1.82) is 0 Å². The van der Waals surface area contributed by atoms with Crippen molar-refractivity contribution >= 4 is 29.1 Å². The zero-order valence-electron chi connectivity index (χ0n) is 19.4. The monoisotopic (exact) mass is 477 g/mol. The summed E-state index contributed by atoms with van der Waals surface area (Å²) in [6, 6.07) is 11.3. The summed E-state index contributed by atoms with van der Waals surface area (Å²) in [5.41, 5.74) is 0.905. The lowest BCUT2D eigenvalue weighted by atomic mass is 9.98. The van der Waals surface area contributed by atoms with Crippen LogP contribution in [0.4, 0.5) is 15.8 Å². The van der Waals surface area contributed by atoms with Crippen LogP contribution in [0.25, 0.3) is 5.69 Å². The van der Waals surface area contributed by atoms with E-state index in [1.807, 2.05) is 13.0 Å². The molecule has 2 aliphatic rings. The normalized spacial score (nSPS) is 19.1. The molecular weight excluding hydrogens is 453 g/mol. The first kappa shape index (κ1) is 22.6. The third-order valence-corrected chi connectivity index (χ3v) is 6.61. The van der Waals surface area contributed by atoms with Gasteiger partial charge in [0.05, 0.1) is 11.3 Å². The molecule has 0 bridgehead atoms. The van der Waals surface area contributed by atoms with E-state index in [0.29, 0.717) is 48.6 Å². The number of fused-ring (bicyclic) bond motifs is 3. The third-order valence-electron chi connectivity index (χ3n) is 6.61. The molecule has 0 radical (unpaired) electrons. The minimum absolute atomic E-state index is 0.0138. The van der Waals surface area contributed by atoms with E-state index in [1.54, 1.807) is 34.9 Å². The Kier molecular flexibility index (Phi) is 5.54. The van der Waals surface area contributed by atoms with Crippen molar-refractivity contribution in [3.63, 3.8) is 0 Å². The Bertz CT molecular complexity index is 1340. The first-order valence-corrected chi connectivity index (χ1v) is 11.4. The molecule has 3 aromatic rings. The van der Waals surface area contributed by atoms with Crippen molar-refractivity contribution < 1.29 is 18.8 Å². The predicted molar refractivity (Wildman–Crippen MR) is 124 cm³/mol. The second-order valence-electron chi connectivity index (χ2n) is 8.88. The maximum atomic E-state index is 14.3. The Morgan fingerprint density at radius 1 is 1.17 bits per heavy atom. The highest BCUT2D eigenvalue weighted by Crippen LogP contribution is 2.44. The van der Waals surface area contributed by atoms with Crippen LogP contribution in [0.5, 0.6) is 0 Å². The molecular formula is C24H24FN7O3. The number of aromatic nitrogens is 4. The van der Waals surface area contributed by atoms with Crippen molar-refractivity contribution in [2.24, 2.45) is 0 Å². The van der Waals surface area contributed by atoms with Crippen molar-refractivity contribution in [1.82, 2.24) is 25.1 Å². The molecule has 10 nitrogen and oxygen atoms in total. The fourth-order valence-electron chi connectivity index (χ4n) is 4.87. The molecule has 1 saturated heterocycles. The molecule has 2 aliphatic heterocycles. The Hall–Kier alpha value is -4.15. The maximum absolute atomic E-state index is 14.3. The number of hydrogen-bond donors (Lipinski definition) is 1. The maximum Gasteiger partial charge on any atom is 0.257 e. The number of hydrogen-bond acceptors (Lipinski definition) is 6. The Labute approximate surface area is 200 Å². The van der Waals surface area contributed by atoms with E-state index in [4.69, 9.17) is 0 Å². The fraction of sp³-hybridized carbons (Fsp3) is 0.333. The van der Waals surface area contributed by atoms with Crippen LogP contribution in [0, 0.1) is 12.7 Å². The lowest BCUT2D eigenvalue weighted by molar-refractivity contribution is -0.118. The molecule has 0 aliphatic carbocycles.